The van der Waals surface area contributed by atoms with Gasteiger partial charge in [0.25, 0.3) is 0 Å². The molecule has 0 fully saturated rings. The maximum Gasteiger partial charge on any atom is 0.160 e. The molecule has 0 radical (unpaired) electrons. The average molecular weight is 411 g/mol. The minimum absolute atomic E-state index is 0.429. The standard InChI is InChI=1S/C20H26N6O2Si/c1-27-18-10-17-14(11-24-26(17)13-28-7-8-29(2,3)4)9-16(18)25-20-19-15(5-6-21-19)22-12-23-20/h6,9-12H,5,7-8,13H2,1-4H3,(H,22,23,25). The van der Waals surface area contributed by atoms with Crippen molar-refractivity contribution in [3.63, 3.8) is 0 Å². The van der Waals surface area contributed by atoms with Crippen molar-refractivity contribution < 1.29 is 9.47 Å². The zero-order valence-electron chi connectivity index (χ0n) is 17.3. The van der Waals surface area contributed by atoms with Gasteiger partial charge in [0.15, 0.2) is 5.82 Å². The predicted octanol–water partition coefficient (Wildman–Crippen LogP) is 4.15. The van der Waals surface area contributed by atoms with E-state index in [1.54, 1.807) is 13.4 Å². The topological polar surface area (TPSA) is 86.5 Å². The van der Waals surface area contributed by atoms with Crippen LogP contribution in [0.25, 0.3) is 10.9 Å². The maximum absolute atomic E-state index is 5.86. The van der Waals surface area contributed by atoms with E-state index in [1.807, 2.05) is 29.2 Å². The molecule has 0 saturated heterocycles. The van der Waals surface area contributed by atoms with E-state index in [4.69, 9.17) is 9.47 Å². The SMILES string of the molecule is COc1cc2c(cnn2COCC[Si](C)(C)C)cc1Nc1ncnc2c1N=CC2. The molecule has 8 nitrogen and oxygen atoms in total. The zero-order valence-corrected chi connectivity index (χ0v) is 18.3. The van der Waals surface area contributed by atoms with E-state index in [1.165, 1.54) is 0 Å². The second-order valence-electron chi connectivity index (χ2n) is 8.26. The monoisotopic (exact) mass is 410 g/mol. The van der Waals surface area contributed by atoms with Crippen molar-refractivity contribution in [2.45, 2.75) is 38.8 Å². The smallest absolute Gasteiger partial charge is 0.160 e. The molecule has 0 amide bonds. The van der Waals surface area contributed by atoms with Crippen LogP contribution in [0.15, 0.2) is 29.6 Å². The molecule has 152 valence electrons. The van der Waals surface area contributed by atoms with Crippen molar-refractivity contribution in [2.24, 2.45) is 4.99 Å². The Morgan fingerprint density at radius 3 is 2.86 bits per heavy atom. The highest BCUT2D eigenvalue weighted by molar-refractivity contribution is 6.76. The number of aromatic nitrogens is 4. The number of hydrogen-bond donors (Lipinski definition) is 1. The van der Waals surface area contributed by atoms with Crippen molar-refractivity contribution in [1.82, 2.24) is 19.7 Å². The van der Waals surface area contributed by atoms with Crippen LogP contribution >= 0.6 is 0 Å². The van der Waals surface area contributed by atoms with Crippen molar-refractivity contribution in [3.05, 3.63) is 30.4 Å². The lowest BCUT2D eigenvalue weighted by Gasteiger charge is -2.16. The first-order valence-electron chi connectivity index (χ1n) is 9.69. The number of methoxy groups -OCH3 is 1. The lowest BCUT2D eigenvalue weighted by molar-refractivity contribution is 0.0817. The molecule has 1 aliphatic heterocycles. The van der Waals surface area contributed by atoms with Gasteiger partial charge in [0, 0.05) is 38.8 Å². The van der Waals surface area contributed by atoms with Gasteiger partial charge in [0.1, 0.15) is 24.5 Å². The second-order valence-corrected chi connectivity index (χ2v) is 13.9. The van der Waals surface area contributed by atoms with Crippen LogP contribution in [0.1, 0.15) is 5.69 Å². The number of rotatable bonds is 8. The fourth-order valence-corrected chi connectivity index (χ4v) is 3.91. The Labute approximate surface area is 171 Å². The Morgan fingerprint density at radius 2 is 2.07 bits per heavy atom. The third kappa shape index (κ3) is 4.30. The molecule has 0 bridgehead atoms. The molecule has 3 heterocycles. The number of fused-ring (bicyclic) bond motifs is 2. The van der Waals surface area contributed by atoms with Gasteiger partial charge in [-0.25, -0.2) is 14.6 Å². The summed E-state index contributed by atoms with van der Waals surface area (Å²) in [6.45, 7) is 8.22. The fourth-order valence-electron chi connectivity index (χ4n) is 3.15. The first-order valence-corrected chi connectivity index (χ1v) is 13.4. The van der Waals surface area contributed by atoms with Gasteiger partial charge < -0.3 is 14.8 Å². The molecule has 9 heteroatoms. The third-order valence-corrected chi connectivity index (χ3v) is 6.53. The van der Waals surface area contributed by atoms with E-state index in [0.29, 0.717) is 18.3 Å². The van der Waals surface area contributed by atoms with Gasteiger partial charge in [-0.1, -0.05) is 19.6 Å². The molecule has 0 atom stereocenters. The van der Waals surface area contributed by atoms with Gasteiger partial charge in [-0.2, -0.15) is 5.10 Å². The van der Waals surface area contributed by atoms with Crippen LogP contribution in [0, 0.1) is 0 Å². The Hall–Kier alpha value is -2.78. The van der Waals surface area contributed by atoms with E-state index in [9.17, 15) is 0 Å². The van der Waals surface area contributed by atoms with Crippen molar-refractivity contribution >= 4 is 42.4 Å². The summed E-state index contributed by atoms with van der Waals surface area (Å²) in [5.74, 6) is 1.37. The Kier molecular flexibility index (Phi) is 5.33. The number of hydrogen-bond acceptors (Lipinski definition) is 7. The van der Waals surface area contributed by atoms with Crippen LogP contribution in [0.5, 0.6) is 5.75 Å². The Bertz CT molecular complexity index is 1060. The van der Waals surface area contributed by atoms with Gasteiger partial charge in [-0.3, -0.25) is 4.99 Å². The molecular formula is C20H26N6O2Si. The van der Waals surface area contributed by atoms with Crippen LogP contribution in [0.4, 0.5) is 17.2 Å². The Morgan fingerprint density at radius 1 is 1.21 bits per heavy atom. The molecule has 0 spiro atoms. The third-order valence-electron chi connectivity index (χ3n) is 4.83. The van der Waals surface area contributed by atoms with Gasteiger partial charge in [-0.15, -0.1) is 0 Å². The van der Waals surface area contributed by atoms with Crippen molar-refractivity contribution in [3.8, 4) is 5.75 Å². The lowest BCUT2D eigenvalue weighted by atomic mass is 10.2. The highest BCUT2D eigenvalue weighted by atomic mass is 28.3. The van der Waals surface area contributed by atoms with E-state index in [-0.39, 0.29) is 0 Å². The average Bonchev–Trinajstić information content (AvgIpc) is 3.31. The van der Waals surface area contributed by atoms with E-state index < -0.39 is 8.07 Å². The largest absolute Gasteiger partial charge is 0.494 e. The summed E-state index contributed by atoms with van der Waals surface area (Å²) in [7, 11) is 0.550. The van der Waals surface area contributed by atoms with Crippen LogP contribution in [0.2, 0.25) is 25.7 Å². The van der Waals surface area contributed by atoms with Gasteiger partial charge in [-0.05, 0) is 12.1 Å². The van der Waals surface area contributed by atoms with Crippen LogP contribution in [-0.2, 0) is 17.9 Å². The summed E-state index contributed by atoms with van der Waals surface area (Å²) in [5, 5.41) is 8.82. The molecule has 4 rings (SSSR count). The van der Waals surface area contributed by atoms with Crippen LogP contribution in [0.3, 0.4) is 0 Å². The van der Waals surface area contributed by atoms with Gasteiger partial charge in [0.2, 0.25) is 0 Å². The fraction of sp³-hybridized carbons (Fsp3) is 0.400. The van der Waals surface area contributed by atoms with Gasteiger partial charge in [0.05, 0.1) is 30.2 Å². The molecule has 1 N–H and O–H groups in total. The van der Waals surface area contributed by atoms with Crippen LogP contribution < -0.4 is 10.1 Å². The predicted molar refractivity (Wildman–Crippen MR) is 118 cm³/mol. The first kappa shape index (κ1) is 19.5. The normalized spacial score (nSPS) is 13.1. The molecular weight excluding hydrogens is 384 g/mol. The zero-order chi connectivity index (χ0) is 20.4. The maximum atomic E-state index is 5.86. The molecule has 2 aromatic heterocycles. The number of nitrogens with zero attached hydrogens (tertiary/aromatic N) is 5. The quantitative estimate of drug-likeness (QED) is 0.443. The number of anilines is 2. The lowest BCUT2D eigenvalue weighted by Crippen LogP contribution is -2.22. The van der Waals surface area contributed by atoms with E-state index in [2.05, 4.69) is 45.0 Å². The van der Waals surface area contributed by atoms with Crippen molar-refractivity contribution in [2.75, 3.05) is 19.0 Å². The second kappa shape index (κ2) is 7.92. The summed E-state index contributed by atoms with van der Waals surface area (Å²) in [6, 6.07) is 5.11. The summed E-state index contributed by atoms with van der Waals surface area (Å²) in [4.78, 5) is 13.0. The summed E-state index contributed by atoms with van der Waals surface area (Å²) >= 11 is 0. The number of nitrogens with one attached hydrogen (secondary N) is 1. The van der Waals surface area contributed by atoms with E-state index >= 15 is 0 Å². The summed E-state index contributed by atoms with van der Waals surface area (Å²) < 4.78 is 13.3. The molecule has 1 aromatic carbocycles. The number of ether oxygens (including phenoxy) is 2. The first-order chi connectivity index (χ1) is 13.9. The van der Waals surface area contributed by atoms with Crippen LogP contribution in [-0.4, -0.2) is 47.8 Å². The Balaban J connectivity index is 1.56. The highest BCUT2D eigenvalue weighted by Gasteiger charge is 2.17. The molecule has 0 saturated carbocycles. The summed E-state index contributed by atoms with van der Waals surface area (Å²) in [6.07, 6.45) is 5.96. The minimum Gasteiger partial charge on any atom is -0.494 e. The summed E-state index contributed by atoms with van der Waals surface area (Å²) in [5.41, 5.74) is 3.47. The minimum atomic E-state index is -1.10. The number of benzene rings is 1. The highest BCUT2D eigenvalue weighted by Crippen LogP contribution is 2.36. The molecule has 0 aliphatic carbocycles. The molecule has 3 aromatic rings. The van der Waals surface area contributed by atoms with Gasteiger partial charge >= 0.3 is 0 Å². The number of aliphatic imine (C=N–C) groups is 1. The molecule has 1 aliphatic rings. The molecule has 0 unspecified atom stereocenters. The van der Waals surface area contributed by atoms with Crippen molar-refractivity contribution in [1.29, 1.82) is 0 Å². The molecule has 29 heavy (non-hydrogen) atoms. The van der Waals surface area contributed by atoms with E-state index in [0.717, 1.165) is 47.0 Å².